The minimum atomic E-state index is -0.231. The number of amides is 1. The fourth-order valence-electron chi connectivity index (χ4n) is 2.32. The van der Waals surface area contributed by atoms with Gasteiger partial charge in [0.15, 0.2) is 0 Å². The molecule has 0 atom stereocenters. The molecule has 0 radical (unpaired) electrons. The van der Waals surface area contributed by atoms with Crippen LogP contribution < -0.4 is 16.6 Å². The van der Waals surface area contributed by atoms with Gasteiger partial charge in [0.05, 0.1) is 0 Å². The quantitative estimate of drug-likeness (QED) is 0.774. The first-order valence-corrected chi connectivity index (χ1v) is 7.29. The van der Waals surface area contributed by atoms with E-state index in [4.69, 9.17) is 5.73 Å². The number of carbonyl (C=O) groups excluding carboxylic acids is 1. The first-order valence-electron chi connectivity index (χ1n) is 7.29. The lowest BCUT2D eigenvalue weighted by molar-refractivity contribution is -0.121. The monoisotopic (exact) mass is 294 g/mol. The van der Waals surface area contributed by atoms with Crippen molar-refractivity contribution in [3.63, 3.8) is 0 Å². The van der Waals surface area contributed by atoms with Crippen LogP contribution in [0.15, 0.2) is 23.1 Å². The standard InChI is InChI=1S/C15H26N4O2/c1-11(2)19(12(3)4)8-7-17-14(20)10-18-9-13(16)5-6-15(18)21/h5-6,9,11-12H,7-8,10,16H2,1-4H3,(H,17,20). The van der Waals surface area contributed by atoms with Crippen LogP contribution in [0, 0.1) is 0 Å². The average Bonchev–Trinajstić information content (AvgIpc) is 2.38. The molecular weight excluding hydrogens is 268 g/mol. The molecule has 0 unspecified atom stereocenters. The minimum Gasteiger partial charge on any atom is -0.398 e. The van der Waals surface area contributed by atoms with Crippen LogP contribution in [-0.4, -0.2) is 40.5 Å². The summed E-state index contributed by atoms with van der Waals surface area (Å²) in [7, 11) is 0. The van der Waals surface area contributed by atoms with E-state index in [9.17, 15) is 9.59 Å². The highest BCUT2D eigenvalue weighted by molar-refractivity contribution is 5.75. The van der Waals surface area contributed by atoms with Crippen molar-refractivity contribution in [2.75, 3.05) is 18.8 Å². The van der Waals surface area contributed by atoms with Crippen molar-refractivity contribution in [1.82, 2.24) is 14.8 Å². The van der Waals surface area contributed by atoms with Crippen molar-refractivity contribution in [3.8, 4) is 0 Å². The van der Waals surface area contributed by atoms with Crippen molar-refractivity contribution in [1.29, 1.82) is 0 Å². The molecule has 0 fully saturated rings. The molecule has 0 aromatic carbocycles. The Morgan fingerprint density at radius 1 is 1.29 bits per heavy atom. The molecule has 0 spiro atoms. The van der Waals surface area contributed by atoms with Crippen molar-refractivity contribution in [2.24, 2.45) is 0 Å². The SMILES string of the molecule is CC(C)N(CCNC(=O)Cn1cc(N)ccc1=O)C(C)C. The summed E-state index contributed by atoms with van der Waals surface area (Å²) in [6.45, 7) is 9.87. The lowest BCUT2D eigenvalue weighted by Gasteiger charge is -2.30. The Bertz CT molecular complexity index is 515. The molecule has 6 heteroatoms. The van der Waals surface area contributed by atoms with Crippen LogP contribution in [0.4, 0.5) is 5.69 Å². The zero-order chi connectivity index (χ0) is 16.0. The van der Waals surface area contributed by atoms with Gasteiger partial charge in [-0.05, 0) is 33.8 Å². The van der Waals surface area contributed by atoms with Gasteiger partial charge in [-0.1, -0.05) is 0 Å². The Balaban J connectivity index is 2.48. The van der Waals surface area contributed by atoms with E-state index in [1.165, 1.54) is 22.9 Å². The number of nitrogens with two attached hydrogens (primary N) is 1. The molecule has 1 rings (SSSR count). The Kier molecular flexibility index (Phi) is 6.42. The van der Waals surface area contributed by atoms with Gasteiger partial charge in [-0.2, -0.15) is 0 Å². The molecule has 0 saturated carbocycles. The van der Waals surface area contributed by atoms with Gasteiger partial charge in [-0.3, -0.25) is 14.5 Å². The van der Waals surface area contributed by atoms with Gasteiger partial charge >= 0.3 is 0 Å². The van der Waals surface area contributed by atoms with Crippen LogP contribution in [0.3, 0.4) is 0 Å². The van der Waals surface area contributed by atoms with E-state index in [0.29, 0.717) is 24.3 Å². The first kappa shape index (κ1) is 17.2. The molecule has 0 bridgehead atoms. The largest absolute Gasteiger partial charge is 0.398 e. The molecule has 6 nitrogen and oxygen atoms in total. The molecule has 0 saturated heterocycles. The minimum absolute atomic E-state index is 0.00672. The van der Waals surface area contributed by atoms with Gasteiger partial charge in [0.2, 0.25) is 5.91 Å². The van der Waals surface area contributed by atoms with Crippen molar-refractivity contribution < 1.29 is 4.79 Å². The van der Waals surface area contributed by atoms with Crippen LogP contribution in [0.1, 0.15) is 27.7 Å². The summed E-state index contributed by atoms with van der Waals surface area (Å²) in [6, 6.07) is 3.75. The van der Waals surface area contributed by atoms with Crippen LogP contribution in [0.25, 0.3) is 0 Å². The molecule has 0 aliphatic heterocycles. The summed E-state index contributed by atoms with van der Waals surface area (Å²) in [5.41, 5.74) is 5.85. The Hall–Kier alpha value is -1.82. The number of hydrogen-bond donors (Lipinski definition) is 2. The maximum absolute atomic E-state index is 11.9. The molecule has 0 aliphatic carbocycles. The van der Waals surface area contributed by atoms with Gasteiger partial charge in [0.25, 0.3) is 5.56 Å². The maximum atomic E-state index is 11.9. The predicted octanol–water partition coefficient (Wildman–Crippen LogP) is 0.666. The van der Waals surface area contributed by atoms with Crippen LogP contribution in [-0.2, 0) is 11.3 Å². The third-order valence-electron chi connectivity index (χ3n) is 3.34. The molecule has 1 aromatic heterocycles. The molecule has 118 valence electrons. The highest BCUT2D eigenvalue weighted by Gasteiger charge is 2.13. The number of nitrogens with zero attached hydrogens (tertiary/aromatic N) is 2. The Morgan fingerprint density at radius 3 is 2.48 bits per heavy atom. The predicted molar refractivity (Wildman–Crippen MR) is 85.1 cm³/mol. The lowest BCUT2D eigenvalue weighted by atomic mass is 10.2. The highest BCUT2D eigenvalue weighted by Crippen LogP contribution is 2.03. The fourth-order valence-corrected chi connectivity index (χ4v) is 2.32. The molecule has 1 amide bonds. The number of rotatable bonds is 7. The van der Waals surface area contributed by atoms with E-state index in [0.717, 1.165) is 6.54 Å². The van der Waals surface area contributed by atoms with Crippen molar-refractivity contribution in [2.45, 2.75) is 46.3 Å². The van der Waals surface area contributed by atoms with Crippen molar-refractivity contribution >= 4 is 11.6 Å². The summed E-state index contributed by atoms with van der Waals surface area (Å²) >= 11 is 0. The second kappa shape index (κ2) is 7.83. The first-order chi connectivity index (χ1) is 9.81. The maximum Gasteiger partial charge on any atom is 0.251 e. The van der Waals surface area contributed by atoms with Crippen LogP contribution >= 0.6 is 0 Å². The average molecular weight is 294 g/mol. The van der Waals surface area contributed by atoms with E-state index in [1.54, 1.807) is 0 Å². The van der Waals surface area contributed by atoms with Gasteiger partial charge < -0.3 is 15.6 Å². The molecule has 0 aliphatic rings. The van der Waals surface area contributed by atoms with Gasteiger partial charge in [0.1, 0.15) is 6.54 Å². The summed E-state index contributed by atoms with van der Waals surface area (Å²) in [6.07, 6.45) is 1.48. The molecule has 1 aromatic rings. The zero-order valence-electron chi connectivity index (χ0n) is 13.3. The number of carbonyl (C=O) groups is 1. The summed E-state index contributed by atoms with van der Waals surface area (Å²) in [5, 5.41) is 2.84. The molecule has 3 N–H and O–H groups in total. The molecule has 1 heterocycles. The third kappa shape index (κ3) is 5.59. The van der Waals surface area contributed by atoms with Crippen LogP contribution in [0.2, 0.25) is 0 Å². The normalized spacial score (nSPS) is 11.4. The number of nitrogen functional groups attached to an aromatic ring is 1. The zero-order valence-corrected chi connectivity index (χ0v) is 13.3. The highest BCUT2D eigenvalue weighted by atomic mass is 16.2. The third-order valence-corrected chi connectivity index (χ3v) is 3.34. The summed E-state index contributed by atoms with van der Waals surface area (Å²) in [5.74, 6) is -0.185. The topological polar surface area (TPSA) is 80.4 Å². The number of aromatic nitrogens is 1. The summed E-state index contributed by atoms with van der Waals surface area (Å²) in [4.78, 5) is 25.8. The van der Waals surface area contributed by atoms with E-state index < -0.39 is 0 Å². The Morgan fingerprint density at radius 2 is 1.90 bits per heavy atom. The second-order valence-corrected chi connectivity index (χ2v) is 5.70. The van der Waals surface area contributed by atoms with E-state index >= 15 is 0 Å². The van der Waals surface area contributed by atoms with E-state index in [1.807, 2.05) is 0 Å². The number of pyridine rings is 1. The number of hydrogen-bond acceptors (Lipinski definition) is 4. The fraction of sp³-hybridized carbons (Fsp3) is 0.600. The second-order valence-electron chi connectivity index (χ2n) is 5.70. The van der Waals surface area contributed by atoms with E-state index in [-0.39, 0.29) is 18.0 Å². The van der Waals surface area contributed by atoms with Crippen molar-refractivity contribution in [3.05, 3.63) is 28.7 Å². The number of nitrogens with one attached hydrogen (secondary N) is 1. The smallest absolute Gasteiger partial charge is 0.251 e. The van der Waals surface area contributed by atoms with Gasteiger partial charge in [0, 0.05) is 43.1 Å². The Labute approximate surface area is 125 Å². The molecule has 21 heavy (non-hydrogen) atoms. The number of anilines is 1. The van der Waals surface area contributed by atoms with E-state index in [2.05, 4.69) is 37.9 Å². The van der Waals surface area contributed by atoms with Crippen LogP contribution in [0.5, 0.6) is 0 Å². The lowest BCUT2D eigenvalue weighted by Crippen LogP contribution is -2.43. The van der Waals surface area contributed by atoms with Gasteiger partial charge in [-0.15, -0.1) is 0 Å². The molecular formula is C15H26N4O2. The summed E-state index contributed by atoms with van der Waals surface area (Å²) < 4.78 is 1.31. The van der Waals surface area contributed by atoms with Gasteiger partial charge in [-0.25, -0.2) is 0 Å².